The molecule has 0 saturated carbocycles. The van der Waals surface area contributed by atoms with Crippen molar-refractivity contribution in [2.45, 2.75) is 45.6 Å². The first-order valence-corrected chi connectivity index (χ1v) is 14.4. The van der Waals surface area contributed by atoms with Crippen molar-refractivity contribution in [3.63, 3.8) is 0 Å². The van der Waals surface area contributed by atoms with Gasteiger partial charge in [0.2, 0.25) is 5.95 Å². The SMILES string of the molecule is CCO[P+](O)(Cc1ccc(Nc2ncc(C(F)(F)F)c(Nc3cccc4c3C(=O)N(C)C4(C)C)n2)cc1)OCC. The molecule has 0 aliphatic carbocycles. The number of benzene rings is 2. The number of anilines is 4. The molecular formula is C27H32F3N5O4P+. The van der Waals surface area contributed by atoms with Crippen LogP contribution in [0.15, 0.2) is 48.7 Å². The van der Waals surface area contributed by atoms with E-state index in [0.717, 1.165) is 5.56 Å². The number of aromatic nitrogens is 2. The van der Waals surface area contributed by atoms with Gasteiger partial charge in [-0.05, 0) is 57.0 Å². The molecule has 3 aromatic rings. The Morgan fingerprint density at radius 1 is 1.05 bits per heavy atom. The predicted molar refractivity (Wildman–Crippen MR) is 148 cm³/mol. The Morgan fingerprint density at radius 3 is 2.30 bits per heavy atom. The van der Waals surface area contributed by atoms with Crippen LogP contribution in [0.2, 0.25) is 0 Å². The minimum Gasteiger partial charge on any atom is -0.339 e. The summed E-state index contributed by atoms with van der Waals surface area (Å²) in [6.07, 6.45) is -3.85. The lowest BCUT2D eigenvalue weighted by Crippen LogP contribution is -2.35. The Morgan fingerprint density at radius 2 is 1.70 bits per heavy atom. The van der Waals surface area contributed by atoms with Gasteiger partial charge in [-0.25, -0.2) is 4.98 Å². The predicted octanol–water partition coefficient (Wildman–Crippen LogP) is 6.63. The molecule has 0 saturated heterocycles. The summed E-state index contributed by atoms with van der Waals surface area (Å²) in [7, 11) is -1.39. The van der Waals surface area contributed by atoms with Crippen LogP contribution in [-0.2, 0) is 26.9 Å². The van der Waals surface area contributed by atoms with Gasteiger partial charge in [0.1, 0.15) is 11.4 Å². The number of nitrogens with zero attached hydrogens (tertiary/aromatic N) is 3. The molecule has 1 aliphatic heterocycles. The average Bonchev–Trinajstić information content (AvgIpc) is 3.05. The monoisotopic (exact) mass is 578 g/mol. The molecule has 1 amide bonds. The molecule has 2 heterocycles. The van der Waals surface area contributed by atoms with Gasteiger partial charge in [-0.1, -0.05) is 24.3 Å². The summed E-state index contributed by atoms with van der Waals surface area (Å²) < 4.78 is 52.5. The van der Waals surface area contributed by atoms with E-state index in [1.54, 1.807) is 68.3 Å². The molecule has 0 spiro atoms. The normalized spacial score (nSPS) is 14.8. The van der Waals surface area contributed by atoms with Crippen LogP contribution in [0.25, 0.3) is 0 Å². The average molecular weight is 579 g/mol. The van der Waals surface area contributed by atoms with Crippen LogP contribution >= 0.6 is 7.94 Å². The van der Waals surface area contributed by atoms with E-state index in [1.165, 1.54) is 0 Å². The number of carbonyl (C=O) groups excluding carboxylic acids is 1. The van der Waals surface area contributed by atoms with Gasteiger partial charge in [0, 0.05) is 18.9 Å². The zero-order valence-corrected chi connectivity index (χ0v) is 23.7. The molecule has 0 atom stereocenters. The highest BCUT2D eigenvalue weighted by atomic mass is 31.2. The van der Waals surface area contributed by atoms with Gasteiger partial charge < -0.3 is 15.5 Å². The standard InChI is InChI=1S/C27H31F3N5O4P/c1-6-38-40(37,39-7-2)16-17-11-13-18(14-12-17)32-25-31-15-20(27(28,29)30)23(34-25)33-21-10-8-9-19-22(21)24(36)35(5)26(19,3)4/h8-15,37H,6-7,16H2,1-5H3,(H-,31,32,33,34,36)/p+1. The molecule has 2 aromatic carbocycles. The van der Waals surface area contributed by atoms with Gasteiger partial charge in [0.25, 0.3) is 5.91 Å². The molecule has 9 nitrogen and oxygen atoms in total. The van der Waals surface area contributed by atoms with E-state index in [1.807, 2.05) is 13.8 Å². The fourth-order valence-electron chi connectivity index (χ4n) is 4.46. The minimum absolute atomic E-state index is 0.0766. The lowest BCUT2D eigenvalue weighted by atomic mass is 9.93. The number of fused-ring (bicyclic) bond motifs is 1. The second kappa shape index (κ2) is 11.3. The molecule has 214 valence electrons. The third kappa shape index (κ3) is 6.05. The van der Waals surface area contributed by atoms with Crippen LogP contribution in [0, 0.1) is 0 Å². The molecular weight excluding hydrogens is 546 g/mol. The number of hydrogen-bond donors (Lipinski definition) is 3. The fourth-order valence-corrected chi connectivity index (χ4v) is 6.19. The van der Waals surface area contributed by atoms with E-state index in [2.05, 4.69) is 20.6 Å². The Balaban J connectivity index is 1.61. The summed E-state index contributed by atoms with van der Waals surface area (Å²) in [5.74, 6) is -0.863. The lowest BCUT2D eigenvalue weighted by molar-refractivity contribution is -0.137. The van der Waals surface area contributed by atoms with Crippen molar-refractivity contribution in [1.82, 2.24) is 14.9 Å². The van der Waals surface area contributed by atoms with Gasteiger partial charge in [-0.15, -0.1) is 0 Å². The third-order valence-corrected chi connectivity index (χ3v) is 8.77. The minimum atomic E-state index is -4.73. The van der Waals surface area contributed by atoms with Crippen LogP contribution in [0.5, 0.6) is 0 Å². The van der Waals surface area contributed by atoms with Crippen molar-refractivity contribution < 1.29 is 31.9 Å². The number of alkyl halides is 3. The lowest BCUT2D eigenvalue weighted by Gasteiger charge is -2.28. The maximum atomic E-state index is 13.9. The van der Waals surface area contributed by atoms with E-state index >= 15 is 0 Å². The van der Waals surface area contributed by atoms with Crippen molar-refractivity contribution >= 4 is 37.0 Å². The van der Waals surface area contributed by atoms with Crippen molar-refractivity contribution in [3.05, 3.63) is 70.9 Å². The van der Waals surface area contributed by atoms with Gasteiger partial charge in [0.15, 0.2) is 6.16 Å². The van der Waals surface area contributed by atoms with Crippen molar-refractivity contribution in [3.8, 4) is 0 Å². The first kappa shape index (κ1) is 29.7. The largest absolute Gasteiger partial charge is 0.421 e. The molecule has 3 N–H and O–H groups in total. The maximum absolute atomic E-state index is 13.9. The number of carbonyl (C=O) groups is 1. The highest BCUT2D eigenvalue weighted by Gasteiger charge is 2.43. The van der Waals surface area contributed by atoms with Gasteiger partial charge in [-0.2, -0.15) is 32.1 Å². The Kier molecular flexibility index (Phi) is 8.37. The summed E-state index contributed by atoms with van der Waals surface area (Å²) in [4.78, 5) is 33.2. The Bertz CT molecular complexity index is 1380. The molecule has 1 aromatic heterocycles. The second-order valence-corrected chi connectivity index (χ2v) is 11.8. The van der Waals surface area contributed by atoms with Crippen LogP contribution in [0.1, 0.15) is 54.7 Å². The van der Waals surface area contributed by atoms with E-state index < -0.39 is 31.0 Å². The van der Waals surface area contributed by atoms with Gasteiger partial charge in [0.05, 0.1) is 30.0 Å². The highest BCUT2D eigenvalue weighted by Crippen LogP contribution is 2.59. The third-order valence-electron chi connectivity index (χ3n) is 6.68. The smallest absolute Gasteiger partial charge is 0.339 e. The van der Waals surface area contributed by atoms with E-state index in [-0.39, 0.29) is 23.7 Å². The molecule has 0 bridgehead atoms. The van der Waals surface area contributed by atoms with Crippen LogP contribution < -0.4 is 10.6 Å². The van der Waals surface area contributed by atoms with E-state index in [9.17, 15) is 22.9 Å². The molecule has 0 radical (unpaired) electrons. The summed E-state index contributed by atoms with van der Waals surface area (Å²) >= 11 is 0. The topological polar surface area (TPSA) is 109 Å². The number of hydrogen-bond acceptors (Lipinski definition) is 8. The van der Waals surface area contributed by atoms with E-state index in [0.29, 0.717) is 36.2 Å². The number of nitrogens with one attached hydrogen (secondary N) is 2. The first-order chi connectivity index (χ1) is 18.8. The Labute approximate surface area is 231 Å². The molecule has 0 unspecified atom stereocenters. The summed E-state index contributed by atoms with van der Waals surface area (Å²) in [6.45, 7) is 7.89. The fraction of sp³-hybridized carbons (Fsp3) is 0.370. The van der Waals surface area contributed by atoms with Crippen LogP contribution in [-0.4, -0.2) is 45.9 Å². The van der Waals surface area contributed by atoms with Crippen LogP contribution in [0.3, 0.4) is 0 Å². The van der Waals surface area contributed by atoms with E-state index in [4.69, 9.17) is 9.05 Å². The summed E-state index contributed by atoms with van der Waals surface area (Å²) in [5, 5.41) is 5.65. The Hall–Kier alpha value is -3.31. The number of rotatable bonds is 10. The zero-order chi connectivity index (χ0) is 29.3. The van der Waals surface area contributed by atoms with Gasteiger partial charge in [-0.3, -0.25) is 4.79 Å². The number of halogens is 3. The molecule has 4 rings (SSSR count). The quantitative estimate of drug-likeness (QED) is 0.230. The highest BCUT2D eigenvalue weighted by molar-refractivity contribution is 7.59. The van der Waals surface area contributed by atoms with Crippen molar-refractivity contribution in [2.24, 2.45) is 0 Å². The van der Waals surface area contributed by atoms with Crippen LogP contribution in [0.4, 0.5) is 36.3 Å². The summed E-state index contributed by atoms with van der Waals surface area (Å²) in [6, 6.07) is 11.9. The molecule has 1 aliphatic rings. The molecule has 13 heteroatoms. The summed E-state index contributed by atoms with van der Waals surface area (Å²) in [5.41, 5.74) is 0.809. The number of amides is 1. The maximum Gasteiger partial charge on any atom is 0.421 e. The molecule has 0 fully saturated rings. The van der Waals surface area contributed by atoms with Crippen molar-refractivity contribution in [2.75, 3.05) is 30.9 Å². The van der Waals surface area contributed by atoms with Crippen molar-refractivity contribution in [1.29, 1.82) is 0 Å². The zero-order valence-electron chi connectivity index (χ0n) is 22.8. The first-order valence-electron chi connectivity index (χ1n) is 12.7. The van der Waals surface area contributed by atoms with Gasteiger partial charge >= 0.3 is 14.1 Å². The second-order valence-electron chi connectivity index (χ2n) is 9.68. The molecule has 40 heavy (non-hydrogen) atoms.